The Balaban J connectivity index is 2.10. The molecule has 0 bridgehead atoms. The number of rotatable bonds is 4. The molecule has 2 aromatic rings. The third-order valence-corrected chi connectivity index (χ3v) is 4.16. The molecule has 0 aliphatic carbocycles. The smallest absolute Gasteiger partial charge is 0.321 e. The van der Waals surface area contributed by atoms with Crippen molar-refractivity contribution >= 4 is 34.6 Å². The third-order valence-electron chi connectivity index (χ3n) is 3.14. The van der Waals surface area contributed by atoms with E-state index in [0.717, 1.165) is 21.5 Å². The highest BCUT2D eigenvalue weighted by atomic mass is 32.2. The number of aryl methyl sites for hydroxylation is 1. The second-order valence-electron chi connectivity index (χ2n) is 4.90. The monoisotopic (exact) mass is 317 g/mol. The molecule has 5 nitrogen and oxygen atoms in total. The number of para-hydroxylation sites is 1. The number of amides is 3. The van der Waals surface area contributed by atoms with E-state index in [2.05, 4.69) is 15.6 Å². The number of carbonyl (C=O) groups excluding carboxylic acids is 2. The van der Waals surface area contributed by atoms with Crippen LogP contribution in [0.4, 0.5) is 4.79 Å². The number of carbonyl (C=O) groups is 2. The molecule has 0 saturated carbocycles. The van der Waals surface area contributed by atoms with E-state index in [4.69, 9.17) is 0 Å². The molecule has 0 fully saturated rings. The van der Waals surface area contributed by atoms with Gasteiger partial charge in [0.25, 0.3) is 0 Å². The van der Waals surface area contributed by atoms with Crippen LogP contribution in [0.15, 0.2) is 35.4 Å². The first-order valence-corrected chi connectivity index (χ1v) is 8.01. The van der Waals surface area contributed by atoms with Crippen molar-refractivity contribution in [3.63, 3.8) is 0 Å². The van der Waals surface area contributed by atoms with Gasteiger partial charge in [0.05, 0.1) is 15.8 Å². The number of aromatic nitrogens is 1. The zero-order chi connectivity index (χ0) is 16.1. The van der Waals surface area contributed by atoms with Crippen LogP contribution >= 0.6 is 11.8 Å². The lowest BCUT2D eigenvalue weighted by atomic mass is 10.1. The van der Waals surface area contributed by atoms with Gasteiger partial charge in [-0.05, 0) is 38.5 Å². The molecule has 0 unspecified atom stereocenters. The second kappa shape index (κ2) is 7.26. The van der Waals surface area contributed by atoms with E-state index in [9.17, 15) is 9.59 Å². The number of benzene rings is 1. The van der Waals surface area contributed by atoms with Crippen molar-refractivity contribution in [3.05, 3.63) is 35.9 Å². The van der Waals surface area contributed by atoms with Gasteiger partial charge in [0.1, 0.15) is 0 Å². The fourth-order valence-corrected chi connectivity index (χ4v) is 2.96. The quantitative estimate of drug-likeness (QED) is 0.851. The Bertz CT molecular complexity index is 703. The van der Waals surface area contributed by atoms with Crippen LogP contribution in [-0.2, 0) is 4.79 Å². The summed E-state index contributed by atoms with van der Waals surface area (Å²) < 4.78 is 0. The molecule has 1 atom stereocenters. The summed E-state index contributed by atoms with van der Waals surface area (Å²) in [5.41, 5.74) is 2.02. The fourth-order valence-electron chi connectivity index (χ4n) is 2.03. The van der Waals surface area contributed by atoms with E-state index < -0.39 is 11.3 Å². The van der Waals surface area contributed by atoms with Gasteiger partial charge < -0.3 is 5.32 Å². The summed E-state index contributed by atoms with van der Waals surface area (Å²) in [7, 11) is 0. The Morgan fingerprint density at radius 1 is 1.32 bits per heavy atom. The molecule has 0 saturated heterocycles. The standard InChI is InChI=1S/C16H19N3O2S/c1-4-17-16(21)19-15(20)11(3)22-14-9-10(2)12-7-5-6-8-13(12)18-14/h5-9,11H,4H2,1-3H3,(H2,17,19,20,21)/t11-/m0/s1. The Morgan fingerprint density at radius 3 is 2.77 bits per heavy atom. The molecule has 0 radical (unpaired) electrons. The predicted molar refractivity (Wildman–Crippen MR) is 89.0 cm³/mol. The van der Waals surface area contributed by atoms with Crippen LogP contribution in [0.1, 0.15) is 19.4 Å². The molecule has 116 valence electrons. The van der Waals surface area contributed by atoms with Gasteiger partial charge in [-0.3, -0.25) is 10.1 Å². The number of nitrogens with one attached hydrogen (secondary N) is 2. The number of thioether (sulfide) groups is 1. The maximum atomic E-state index is 12.0. The summed E-state index contributed by atoms with van der Waals surface area (Å²) in [6, 6.07) is 9.38. The molecule has 1 heterocycles. The van der Waals surface area contributed by atoms with Crippen LogP contribution in [0.2, 0.25) is 0 Å². The minimum Gasteiger partial charge on any atom is -0.338 e. The first-order chi connectivity index (χ1) is 10.5. The van der Waals surface area contributed by atoms with E-state index in [0.29, 0.717) is 6.54 Å². The zero-order valence-corrected chi connectivity index (χ0v) is 13.7. The van der Waals surface area contributed by atoms with E-state index in [1.807, 2.05) is 37.3 Å². The van der Waals surface area contributed by atoms with Crippen molar-refractivity contribution in [2.75, 3.05) is 6.54 Å². The SMILES string of the molecule is CCNC(=O)NC(=O)[C@H](C)Sc1cc(C)c2ccccc2n1. The average Bonchev–Trinajstić information content (AvgIpc) is 2.47. The number of hydrogen-bond donors (Lipinski definition) is 2. The average molecular weight is 317 g/mol. The van der Waals surface area contributed by atoms with Gasteiger partial charge in [-0.2, -0.15) is 0 Å². The highest BCUT2D eigenvalue weighted by Gasteiger charge is 2.17. The van der Waals surface area contributed by atoms with Crippen LogP contribution in [0.5, 0.6) is 0 Å². The van der Waals surface area contributed by atoms with Gasteiger partial charge in [0.15, 0.2) is 0 Å². The maximum absolute atomic E-state index is 12.0. The summed E-state index contributed by atoms with van der Waals surface area (Å²) in [5.74, 6) is -0.330. The maximum Gasteiger partial charge on any atom is 0.321 e. The topological polar surface area (TPSA) is 71.1 Å². The van der Waals surface area contributed by atoms with Gasteiger partial charge in [-0.1, -0.05) is 30.0 Å². The van der Waals surface area contributed by atoms with Crippen molar-refractivity contribution in [2.24, 2.45) is 0 Å². The lowest BCUT2D eigenvalue weighted by molar-refractivity contribution is -0.119. The van der Waals surface area contributed by atoms with E-state index in [1.165, 1.54) is 11.8 Å². The summed E-state index contributed by atoms with van der Waals surface area (Å²) in [4.78, 5) is 27.9. The molecule has 2 rings (SSSR count). The molecule has 0 aliphatic heterocycles. The molecule has 6 heteroatoms. The van der Waals surface area contributed by atoms with Crippen LogP contribution < -0.4 is 10.6 Å². The highest BCUT2D eigenvalue weighted by Crippen LogP contribution is 2.26. The Morgan fingerprint density at radius 2 is 2.05 bits per heavy atom. The van der Waals surface area contributed by atoms with E-state index in [1.54, 1.807) is 13.8 Å². The molecule has 2 N–H and O–H groups in total. The normalized spacial score (nSPS) is 12.0. The zero-order valence-electron chi connectivity index (χ0n) is 12.8. The molecule has 1 aromatic carbocycles. The lowest BCUT2D eigenvalue weighted by Crippen LogP contribution is -2.42. The molecule has 22 heavy (non-hydrogen) atoms. The van der Waals surface area contributed by atoms with Crippen molar-refractivity contribution < 1.29 is 9.59 Å². The van der Waals surface area contributed by atoms with Gasteiger partial charge in [0.2, 0.25) is 5.91 Å². The van der Waals surface area contributed by atoms with Gasteiger partial charge in [-0.25, -0.2) is 9.78 Å². The molecule has 0 aliphatic rings. The number of fused-ring (bicyclic) bond motifs is 1. The van der Waals surface area contributed by atoms with Crippen LogP contribution in [-0.4, -0.2) is 28.7 Å². The number of hydrogen-bond acceptors (Lipinski definition) is 4. The van der Waals surface area contributed by atoms with Crippen molar-refractivity contribution in [1.29, 1.82) is 0 Å². The Labute approximate surface area is 133 Å². The minimum atomic E-state index is -0.470. The summed E-state index contributed by atoms with van der Waals surface area (Å²) in [5, 5.41) is 6.32. The summed E-state index contributed by atoms with van der Waals surface area (Å²) in [6.45, 7) is 6.05. The first kappa shape index (κ1) is 16.3. The first-order valence-electron chi connectivity index (χ1n) is 7.13. The van der Waals surface area contributed by atoms with Crippen LogP contribution in [0.25, 0.3) is 10.9 Å². The summed E-state index contributed by atoms with van der Waals surface area (Å²) in [6.07, 6.45) is 0. The van der Waals surface area contributed by atoms with Crippen molar-refractivity contribution in [2.45, 2.75) is 31.0 Å². The van der Waals surface area contributed by atoms with Gasteiger partial charge >= 0.3 is 6.03 Å². The number of imide groups is 1. The summed E-state index contributed by atoms with van der Waals surface area (Å²) >= 11 is 1.34. The van der Waals surface area contributed by atoms with E-state index in [-0.39, 0.29) is 5.91 Å². The van der Waals surface area contributed by atoms with Crippen LogP contribution in [0.3, 0.4) is 0 Å². The molecular weight excluding hydrogens is 298 g/mol. The third kappa shape index (κ3) is 3.98. The van der Waals surface area contributed by atoms with Crippen LogP contribution in [0, 0.1) is 6.92 Å². The highest BCUT2D eigenvalue weighted by molar-refractivity contribution is 8.00. The Hall–Kier alpha value is -2.08. The number of pyridine rings is 1. The lowest BCUT2D eigenvalue weighted by Gasteiger charge is -2.12. The Kier molecular flexibility index (Phi) is 5.38. The molecular formula is C16H19N3O2S. The van der Waals surface area contributed by atoms with Crippen molar-refractivity contribution in [1.82, 2.24) is 15.6 Å². The van der Waals surface area contributed by atoms with Crippen molar-refractivity contribution in [3.8, 4) is 0 Å². The number of urea groups is 1. The van der Waals surface area contributed by atoms with Gasteiger partial charge in [-0.15, -0.1) is 0 Å². The van der Waals surface area contributed by atoms with Gasteiger partial charge in [0, 0.05) is 11.9 Å². The molecule has 1 aromatic heterocycles. The minimum absolute atomic E-state index is 0.330. The molecule has 3 amide bonds. The predicted octanol–water partition coefficient (Wildman–Crippen LogP) is 2.87. The molecule has 0 spiro atoms. The fraction of sp³-hybridized carbons (Fsp3) is 0.312. The largest absolute Gasteiger partial charge is 0.338 e. The second-order valence-corrected chi connectivity index (χ2v) is 6.26. The van der Waals surface area contributed by atoms with E-state index >= 15 is 0 Å². The number of nitrogens with zero attached hydrogens (tertiary/aromatic N) is 1.